The van der Waals surface area contributed by atoms with Crippen LogP contribution in [0.3, 0.4) is 0 Å². The van der Waals surface area contributed by atoms with Gasteiger partial charge in [0.15, 0.2) is 0 Å². The van der Waals surface area contributed by atoms with Crippen LogP contribution in [-0.2, 0) is 13.0 Å². The van der Waals surface area contributed by atoms with E-state index in [1.165, 1.54) is 29.5 Å². The summed E-state index contributed by atoms with van der Waals surface area (Å²) in [7, 11) is 0. The minimum Gasteiger partial charge on any atom is -0.309 e. The molecule has 0 aliphatic heterocycles. The molecular formula is C16H19FN2S. The van der Waals surface area contributed by atoms with Gasteiger partial charge in [-0.25, -0.2) is 9.37 Å². The Bertz CT molecular complexity index is 617. The first kappa shape index (κ1) is 13.7. The summed E-state index contributed by atoms with van der Waals surface area (Å²) in [6, 6.07) is 5.93. The number of hydrogen-bond donors (Lipinski definition) is 1. The van der Waals surface area contributed by atoms with Crippen LogP contribution >= 0.6 is 11.3 Å². The minimum atomic E-state index is -0.156. The van der Waals surface area contributed by atoms with Gasteiger partial charge in [-0.15, -0.1) is 11.3 Å². The van der Waals surface area contributed by atoms with Crippen LogP contribution in [0.25, 0.3) is 10.6 Å². The number of hydrogen-bond acceptors (Lipinski definition) is 3. The van der Waals surface area contributed by atoms with Crippen molar-refractivity contribution in [3.8, 4) is 10.6 Å². The highest BCUT2D eigenvalue weighted by Crippen LogP contribution is 2.30. The van der Waals surface area contributed by atoms with Crippen molar-refractivity contribution in [1.82, 2.24) is 10.3 Å². The van der Waals surface area contributed by atoms with Crippen LogP contribution in [0, 0.1) is 12.7 Å². The Morgan fingerprint density at radius 2 is 2.20 bits per heavy atom. The SMILES string of the molecule is CCc1nc(-c2ccc(F)c(C)c2)sc1CNC1CC1. The van der Waals surface area contributed by atoms with Crippen molar-refractivity contribution in [3.05, 3.63) is 40.2 Å². The maximum Gasteiger partial charge on any atom is 0.126 e. The van der Waals surface area contributed by atoms with Crippen LogP contribution in [-0.4, -0.2) is 11.0 Å². The average molecular weight is 290 g/mol. The van der Waals surface area contributed by atoms with Crippen LogP contribution in [0.1, 0.15) is 35.9 Å². The lowest BCUT2D eigenvalue weighted by molar-refractivity contribution is 0.619. The van der Waals surface area contributed by atoms with E-state index in [1.807, 2.05) is 12.1 Å². The fourth-order valence-electron chi connectivity index (χ4n) is 2.22. The normalized spacial score (nSPS) is 14.8. The molecule has 1 aromatic heterocycles. The van der Waals surface area contributed by atoms with E-state index in [0.717, 1.165) is 23.5 Å². The summed E-state index contributed by atoms with van der Waals surface area (Å²) in [5.41, 5.74) is 2.86. The second kappa shape index (κ2) is 5.62. The average Bonchev–Trinajstić information content (AvgIpc) is 3.18. The van der Waals surface area contributed by atoms with Gasteiger partial charge < -0.3 is 5.32 Å². The van der Waals surface area contributed by atoms with Crippen LogP contribution in [0.15, 0.2) is 18.2 Å². The van der Waals surface area contributed by atoms with Gasteiger partial charge in [-0.1, -0.05) is 6.92 Å². The van der Waals surface area contributed by atoms with E-state index in [1.54, 1.807) is 18.3 Å². The topological polar surface area (TPSA) is 24.9 Å². The summed E-state index contributed by atoms with van der Waals surface area (Å²) < 4.78 is 13.4. The van der Waals surface area contributed by atoms with Crippen molar-refractivity contribution in [2.24, 2.45) is 0 Å². The molecule has 2 nitrogen and oxygen atoms in total. The van der Waals surface area contributed by atoms with E-state index in [0.29, 0.717) is 11.6 Å². The minimum absolute atomic E-state index is 0.156. The van der Waals surface area contributed by atoms with Crippen molar-refractivity contribution in [3.63, 3.8) is 0 Å². The molecule has 20 heavy (non-hydrogen) atoms. The molecule has 2 aromatic rings. The van der Waals surface area contributed by atoms with Crippen molar-refractivity contribution in [1.29, 1.82) is 0 Å². The summed E-state index contributed by atoms with van der Waals surface area (Å²) in [4.78, 5) is 6.04. The van der Waals surface area contributed by atoms with Gasteiger partial charge in [0, 0.05) is 23.0 Å². The first-order valence-electron chi connectivity index (χ1n) is 7.16. The Labute approximate surface area is 123 Å². The van der Waals surface area contributed by atoms with Gasteiger partial charge in [-0.05, 0) is 49.9 Å². The summed E-state index contributed by atoms with van der Waals surface area (Å²) >= 11 is 1.73. The van der Waals surface area contributed by atoms with Gasteiger partial charge >= 0.3 is 0 Å². The molecule has 0 unspecified atom stereocenters. The first-order chi connectivity index (χ1) is 9.67. The van der Waals surface area contributed by atoms with Crippen molar-refractivity contribution in [2.75, 3.05) is 0 Å². The van der Waals surface area contributed by atoms with E-state index in [-0.39, 0.29) is 5.82 Å². The third-order valence-corrected chi connectivity index (χ3v) is 4.79. The highest BCUT2D eigenvalue weighted by molar-refractivity contribution is 7.15. The fraction of sp³-hybridized carbons (Fsp3) is 0.438. The first-order valence-corrected chi connectivity index (χ1v) is 7.97. The summed E-state index contributed by atoms with van der Waals surface area (Å²) in [6.45, 7) is 4.84. The number of rotatable bonds is 5. The van der Waals surface area contributed by atoms with Crippen molar-refractivity contribution >= 4 is 11.3 Å². The lowest BCUT2D eigenvalue weighted by Gasteiger charge is -2.00. The molecule has 1 aliphatic rings. The fourth-order valence-corrected chi connectivity index (χ4v) is 3.32. The number of nitrogens with zero attached hydrogens (tertiary/aromatic N) is 1. The quantitative estimate of drug-likeness (QED) is 0.898. The number of aromatic nitrogens is 1. The van der Waals surface area contributed by atoms with E-state index < -0.39 is 0 Å². The van der Waals surface area contributed by atoms with Crippen LogP contribution < -0.4 is 5.32 Å². The highest BCUT2D eigenvalue weighted by Gasteiger charge is 2.21. The molecule has 1 saturated carbocycles. The van der Waals surface area contributed by atoms with Gasteiger partial charge in [0.2, 0.25) is 0 Å². The molecule has 1 fully saturated rings. The molecule has 0 amide bonds. The molecule has 0 radical (unpaired) electrons. The Balaban J connectivity index is 1.86. The Kier molecular flexibility index (Phi) is 3.85. The predicted molar refractivity (Wildman–Crippen MR) is 81.5 cm³/mol. The smallest absolute Gasteiger partial charge is 0.126 e. The molecule has 4 heteroatoms. The molecule has 0 bridgehead atoms. The largest absolute Gasteiger partial charge is 0.309 e. The number of benzene rings is 1. The second-order valence-electron chi connectivity index (χ2n) is 5.36. The zero-order chi connectivity index (χ0) is 14.1. The number of thiazole rings is 1. The van der Waals surface area contributed by atoms with Crippen LogP contribution in [0.2, 0.25) is 0 Å². The molecular weight excluding hydrogens is 271 g/mol. The molecule has 106 valence electrons. The lowest BCUT2D eigenvalue weighted by atomic mass is 10.1. The van der Waals surface area contributed by atoms with E-state index in [4.69, 9.17) is 4.98 Å². The summed E-state index contributed by atoms with van der Waals surface area (Å²) in [6.07, 6.45) is 3.53. The van der Waals surface area contributed by atoms with Crippen molar-refractivity contribution < 1.29 is 4.39 Å². The molecule has 0 atom stereocenters. The molecule has 1 aliphatic carbocycles. The third kappa shape index (κ3) is 2.91. The lowest BCUT2D eigenvalue weighted by Crippen LogP contribution is -2.15. The van der Waals surface area contributed by atoms with Gasteiger partial charge in [-0.3, -0.25) is 0 Å². The van der Waals surface area contributed by atoms with Crippen LogP contribution in [0.4, 0.5) is 4.39 Å². The molecule has 1 aromatic carbocycles. The Hall–Kier alpha value is -1.26. The number of nitrogens with one attached hydrogen (secondary N) is 1. The number of halogens is 1. The molecule has 1 N–H and O–H groups in total. The van der Waals surface area contributed by atoms with Crippen LogP contribution in [0.5, 0.6) is 0 Å². The summed E-state index contributed by atoms with van der Waals surface area (Å²) in [5.74, 6) is -0.156. The molecule has 1 heterocycles. The standard InChI is InChI=1S/C16H19FN2S/c1-3-14-15(9-18-12-5-6-12)20-16(19-14)11-4-7-13(17)10(2)8-11/h4,7-8,12,18H,3,5-6,9H2,1-2H3. The Morgan fingerprint density at radius 1 is 1.40 bits per heavy atom. The third-order valence-electron chi connectivity index (χ3n) is 3.65. The van der Waals surface area contributed by atoms with Gasteiger partial charge in [0.25, 0.3) is 0 Å². The maximum atomic E-state index is 13.4. The van der Waals surface area contributed by atoms with E-state index in [9.17, 15) is 4.39 Å². The van der Waals surface area contributed by atoms with Gasteiger partial charge in [0.1, 0.15) is 10.8 Å². The molecule has 0 spiro atoms. The molecule has 0 saturated heterocycles. The second-order valence-corrected chi connectivity index (χ2v) is 6.45. The van der Waals surface area contributed by atoms with E-state index in [2.05, 4.69) is 12.2 Å². The van der Waals surface area contributed by atoms with Crippen molar-refractivity contribution in [2.45, 2.75) is 45.7 Å². The number of aryl methyl sites for hydroxylation is 2. The predicted octanol–water partition coefficient (Wildman–Crippen LogP) is 4.07. The zero-order valence-corrected chi connectivity index (χ0v) is 12.7. The van der Waals surface area contributed by atoms with Gasteiger partial charge in [-0.2, -0.15) is 0 Å². The Morgan fingerprint density at radius 3 is 2.85 bits per heavy atom. The summed E-state index contributed by atoms with van der Waals surface area (Å²) in [5, 5.41) is 4.54. The van der Waals surface area contributed by atoms with Gasteiger partial charge in [0.05, 0.1) is 5.69 Å². The maximum absolute atomic E-state index is 13.4. The molecule has 3 rings (SSSR count). The highest BCUT2D eigenvalue weighted by atomic mass is 32.1. The zero-order valence-electron chi connectivity index (χ0n) is 11.9. The van der Waals surface area contributed by atoms with E-state index >= 15 is 0 Å². The monoisotopic (exact) mass is 290 g/mol.